The highest BCUT2D eigenvalue weighted by molar-refractivity contribution is 4.88. The van der Waals surface area contributed by atoms with Crippen LogP contribution in [0.4, 0.5) is 4.39 Å². The molecule has 0 spiro atoms. The van der Waals surface area contributed by atoms with Crippen molar-refractivity contribution in [1.82, 2.24) is 9.80 Å². The van der Waals surface area contributed by atoms with Crippen LogP contribution in [0, 0.1) is 5.41 Å². The summed E-state index contributed by atoms with van der Waals surface area (Å²) in [5.74, 6) is 0. The summed E-state index contributed by atoms with van der Waals surface area (Å²) in [6, 6.07) is 0. The summed E-state index contributed by atoms with van der Waals surface area (Å²) in [5, 5.41) is 0. The molecule has 0 N–H and O–H groups in total. The summed E-state index contributed by atoms with van der Waals surface area (Å²) >= 11 is 0. The van der Waals surface area contributed by atoms with Crippen molar-refractivity contribution in [2.75, 3.05) is 26.7 Å². The molecule has 2 rings (SSSR count). The van der Waals surface area contributed by atoms with E-state index >= 15 is 0 Å². The van der Waals surface area contributed by atoms with Gasteiger partial charge in [0, 0.05) is 13.1 Å². The average Bonchev–Trinajstić information content (AvgIpc) is 2.56. The molecule has 0 aromatic carbocycles. The molecule has 0 radical (unpaired) electrons. The summed E-state index contributed by atoms with van der Waals surface area (Å²) in [6.07, 6.45) is 3.03. The van der Waals surface area contributed by atoms with E-state index in [0.717, 1.165) is 19.5 Å². The predicted octanol–water partition coefficient (Wildman–Crippen LogP) is 2.11. The molecule has 15 heavy (non-hydrogen) atoms. The second kappa shape index (κ2) is 4.02. The highest BCUT2D eigenvalue weighted by Gasteiger charge is 2.37. The Kier molecular flexibility index (Phi) is 3.04. The average molecular weight is 214 g/mol. The van der Waals surface area contributed by atoms with Crippen molar-refractivity contribution >= 4 is 0 Å². The smallest absolute Gasteiger partial charge is 0.114 e. The van der Waals surface area contributed by atoms with Crippen molar-refractivity contribution in [2.45, 2.75) is 45.4 Å². The van der Waals surface area contributed by atoms with E-state index in [9.17, 15) is 4.39 Å². The summed E-state index contributed by atoms with van der Waals surface area (Å²) in [6.45, 7) is 7.38. The molecule has 3 heteroatoms. The van der Waals surface area contributed by atoms with Crippen LogP contribution < -0.4 is 0 Å². The van der Waals surface area contributed by atoms with Crippen LogP contribution in [0.25, 0.3) is 0 Å². The maximum absolute atomic E-state index is 13.2. The largest absolute Gasteiger partial charge is 0.291 e. The first kappa shape index (κ1) is 11.3. The Hall–Kier alpha value is -0.150. The standard InChI is InChI=1S/C12H23FN2/c1-12(2)5-7-14(3)11(8-12)15-6-4-10(13)9-15/h10-11H,4-9H2,1-3H3/t10-,11?/m0/s1. The fourth-order valence-corrected chi connectivity index (χ4v) is 2.80. The maximum Gasteiger partial charge on any atom is 0.114 e. The summed E-state index contributed by atoms with van der Waals surface area (Å²) < 4.78 is 13.2. The molecule has 2 fully saturated rings. The molecule has 2 nitrogen and oxygen atoms in total. The first-order valence-electron chi connectivity index (χ1n) is 6.06. The fourth-order valence-electron chi connectivity index (χ4n) is 2.80. The van der Waals surface area contributed by atoms with Gasteiger partial charge in [0.25, 0.3) is 0 Å². The second-order valence-electron chi connectivity index (χ2n) is 5.96. The molecule has 2 heterocycles. The third kappa shape index (κ3) is 2.51. The number of rotatable bonds is 1. The Labute approximate surface area is 92.4 Å². The van der Waals surface area contributed by atoms with Gasteiger partial charge in [-0.15, -0.1) is 0 Å². The number of nitrogens with zero attached hydrogens (tertiary/aromatic N) is 2. The van der Waals surface area contributed by atoms with Gasteiger partial charge in [-0.2, -0.15) is 0 Å². The second-order valence-corrected chi connectivity index (χ2v) is 5.96. The van der Waals surface area contributed by atoms with Gasteiger partial charge >= 0.3 is 0 Å². The van der Waals surface area contributed by atoms with Gasteiger partial charge in [-0.05, 0) is 38.3 Å². The minimum absolute atomic E-state index is 0.422. The summed E-state index contributed by atoms with van der Waals surface area (Å²) in [7, 11) is 2.17. The van der Waals surface area contributed by atoms with Gasteiger partial charge in [-0.25, -0.2) is 4.39 Å². The van der Waals surface area contributed by atoms with E-state index in [-0.39, 0.29) is 0 Å². The van der Waals surface area contributed by atoms with Crippen molar-refractivity contribution < 1.29 is 4.39 Å². The van der Waals surface area contributed by atoms with Crippen molar-refractivity contribution in [3.05, 3.63) is 0 Å². The molecule has 0 bridgehead atoms. The highest BCUT2D eigenvalue weighted by Crippen LogP contribution is 2.35. The molecule has 88 valence electrons. The van der Waals surface area contributed by atoms with E-state index in [2.05, 4.69) is 30.7 Å². The van der Waals surface area contributed by atoms with E-state index < -0.39 is 6.17 Å². The molecule has 2 aliphatic heterocycles. The predicted molar refractivity (Wildman–Crippen MR) is 60.5 cm³/mol. The molecule has 2 saturated heterocycles. The maximum atomic E-state index is 13.2. The minimum Gasteiger partial charge on any atom is -0.291 e. The Bertz CT molecular complexity index is 230. The zero-order chi connectivity index (χ0) is 11.1. The van der Waals surface area contributed by atoms with Gasteiger partial charge in [-0.3, -0.25) is 9.80 Å². The SMILES string of the molecule is CN1CCC(C)(C)CC1N1CC[C@H](F)C1. The number of hydrogen-bond donors (Lipinski definition) is 0. The Morgan fingerprint density at radius 2 is 2.00 bits per heavy atom. The lowest BCUT2D eigenvalue weighted by Gasteiger charge is -2.45. The van der Waals surface area contributed by atoms with Crippen molar-refractivity contribution in [3.8, 4) is 0 Å². The van der Waals surface area contributed by atoms with Gasteiger partial charge in [0.05, 0.1) is 6.17 Å². The van der Waals surface area contributed by atoms with Crippen LogP contribution in [-0.4, -0.2) is 48.8 Å². The van der Waals surface area contributed by atoms with Crippen LogP contribution in [-0.2, 0) is 0 Å². The third-order valence-corrected chi connectivity index (χ3v) is 3.97. The molecule has 0 amide bonds. The van der Waals surface area contributed by atoms with Crippen LogP contribution in [0.2, 0.25) is 0 Å². The molecule has 1 unspecified atom stereocenters. The third-order valence-electron chi connectivity index (χ3n) is 3.97. The van der Waals surface area contributed by atoms with Crippen LogP contribution in [0.5, 0.6) is 0 Å². The number of likely N-dealkylation sites (tertiary alicyclic amines) is 2. The molecule has 0 aliphatic carbocycles. The van der Waals surface area contributed by atoms with E-state index in [4.69, 9.17) is 0 Å². The molecular formula is C12H23FN2. The molecule has 0 saturated carbocycles. The van der Waals surface area contributed by atoms with E-state index in [0.29, 0.717) is 18.1 Å². The Morgan fingerprint density at radius 1 is 1.27 bits per heavy atom. The lowest BCUT2D eigenvalue weighted by Crippen LogP contribution is -2.52. The lowest BCUT2D eigenvalue weighted by atomic mass is 9.81. The van der Waals surface area contributed by atoms with Crippen molar-refractivity contribution in [1.29, 1.82) is 0 Å². The summed E-state index contributed by atoms with van der Waals surface area (Å²) in [5.41, 5.74) is 0.422. The van der Waals surface area contributed by atoms with Gasteiger partial charge in [0.15, 0.2) is 0 Å². The zero-order valence-corrected chi connectivity index (χ0v) is 10.2. The van der Waals surface area contributed by atoms with Gasteiger partial charge in [0.2, 0.25) is 0 Å². The molecule has 2 aliphatic rings. The van der Waals surface area contributed by atoms with Gasteiger partial charge in [0.1, 0.15) is 6.17 Å². The first-order chi connectivity index (χ1) is 6.98. The number of alkyl halides is 1. The lowest BCUT2D eigenvalue weighted by molar-refractivity contribution is -0.00455. The van der Waals surface area contributed by atoms with Gasteiger partial charge in [-0.1, -0.05) is 13.8 Å². The zero-order valence-electron chi connectivity index (χ0n) is 10.2. The van der Waals surface area contributed by atoms with Crippen LogP contribution in [0.3, 0.4) is 0 Å². The van der Waals surface area contributed by atoms with Crippen molar-refractivity contribution in [3.63, 3.8) is 0 Å². The van der Waals surface area contributed by atoms with Crippen molar-refractivity contribution in [2.24, 2.45) is 5.41 Å². The Balaban J connectivity index is 2.00. The monoisotopic (exact) mass is 214 g/mol. The molecular weight excluding hydrogens is 191 g/mol. The highest BCUT2D eigenvalue weighted by atomic mass is 19.1. The van der Waals surface area contributed by atoms with Crippen LogP contribution >= 0.6 is 0 Å². The van der Waals surface area contributed by atoms with E-state index in [1.807, 2.05) is 0 Å². The van der Waals surface area contributed by atoms with E-state index in [1.165, 1.54) is 12.8 Å². The quantitative estimate of drug-likeness (QED) is 0.659. The molecule has 0 aromatic rings. The number of halogens is 1. The molecule has 2 atom stereocenters. The fraction of sp³-hybridized carbons (Fsp3) is 1.00. The topological polar surface area (TPSA) is 6.48 Å². The number of piperidine rings is 1. The molecule has 0 aromatic heterocycles. The normalized spacial score (nSPS) is 38.4. The Morgan fingerprint density at radius 3 is 2.60 bits per heavy atom. The number of hydrogen-bond acceptors (Lipinski definition) is 2. The minimum atomic E-state index is -0.594. The van der Waals surface area contributed by atoms with E-state index in [1.54, 1.807) is 0 Å². The van der Waals surface area contributed by atoms with Gasteiger partial charge < -0.3 is 0 Å². The first-order valence-corrected chi connectivity index (χ1v) is 6.06. The summed E-state index contributed by atoms with van der Waals surface area (Å²) in [4.78, 5) is 4.72. The van der Waals surface area contributed by atoms with Crippen LogP contribution in [0.15, 0.2) is 0 Å². The van der Waals surface area contributed by atoms with Crippen LogP contribution in [0.1, 0.15) is 33.1 Å².